The lowest BCUT2D eigenvalue weighted by Crippen LogP contribution is -2.62. The average molecular weight is 284 g/mol. The van der Waals surface area contributed by atoms with E-state index in [1.807, 2.05) is 0 Å². The molecule has 0 aliphatic carbocycles. The fourth-order valence-corrected chi connectivity index (χ4v) is 3.58. The second-order valence-corrected chi connectivity index (χ2v) is 6.39. The van der Waals surface area contributed by atoms with Crippen LogP contribution in [-0.4, -0.2) is 48.8 Å². The average Bonchev–Trinajstić information content (AvgIpc) is 2.97. The van der Waals surface area contributed by atoms with Crippen molar-refractivity contribution in [1.82, 2.24) is 10.2 Å². The summed E-state index contributed by atoms with van der Waals surface area (Å²) >= 11 is 0. The standard InChI is InChI=1S/C17H36N2O/c1-6-11-18-16(14-20-15(4)5)17(7-2,8-3)19-12-9-10-13-19/h15-16,18H,6-14H2,1-5H3. The van der Waals surface area contributed by atoms with Crippen molar-refractivity contribution in [1.29, 1.82) is 0 Å². The van der Waals surface area contributed by atoms with E-state index in [-0.39, 0.29) is 5.54 Å². The number of likely N-dealkylation sites (tertiary alicyclic amines) is 1. The minimum Gasteiger partial charge on any atom is -0.377 e. The molecule has 1 aliphatic rings. The predicted octanol–water partition coefficient (Wildman–Crippen LogP) is 3.43. The van der Waals surface area contributed by atoms with E-state index in [1.54, 1.807) is 0 Å². The quantitative estimate of drug-likeness (QED) is 0.665. The lowest BCUT2D eigenvalue weighted by atomic mass is 9.82. The fraction of sp³-hybridized carbons (Fsp3) is 1.00. The smallest absolute Gasteiger partial charge is 0.0641 e. The Morgan fingerprint density at radius 3 is 2.15 bits per heavy atom. The normalized spacial score (nSPS) is 18.9. The van der Waals surface area contributed by atoms with E-state index in [0.29, 0.717) is 12.1 Å². The van der Waals surface area contributed by atoms with Crippen molar-refractivity contribution < 1.29 is 4.74 Å². The summed E-state index contributed by atoms with van der Waals surface area (Å²) in [6, 6.07) is 0.443. The van der Waals surface area contributed by atoms with Gasteiger partial charge in [0.05, 0.1) is 12.7 Å². The zero-order chi connectivity index (χ0) is 15.0. The first-order chi connectivity index (χ1) is 9.60. The van der Waals surface area contributed by atoms with Crippen LogP contribution in [0.4, 0.5) is 0 Å². The number of ether oxygens (including phenoxy) is 1. The van der Waals surface area contributed by atoms with Crippen molar-refractivity contribution in [2.45, 2.75) is 84.4 Å². The van der Waals surface area contributed by atoms with Gasteiger partial charge >= 0.3 is 0 Å². The lowest BCUT2D eigenvalue weighted by Gasteiger charge is -2.47. The van der Waals surface area contributed by atoms with E-state index in [9.17, 15) is 0 Å². The molecule has 20 heavy (non-hydrogen) atoms. The molecule has 1 atom stereocenters. The van der Waals surface area contributed by atoms with E-state index in [2.05, 4.69) is 44.8 Å². The van der Waals surface area contributed by atoms with Crippen molar-refractivity contribution in [3.05, 3.63) is 0 Å². The molecule has 1 fully saturated rings. The first kappa shape index (κ1) is 17.9. The number of hydrogen-bond acceptors (Lipinski definition) is 3. The van der Waals surface area contributed by atoms with Crippen molar-refractivity contribution in [3.63, 3.8) is 0 Å². The van der Waals surface area contributed by atoms with Crippen LogP contribution in [0, 0.1) is 0 Å². The van der Waals surface area contributed by atoms with Gasteiger partial charge < -0.3 is 10.1 Å². The molecule has 0 aromatic heterocycles. The van der Waals surface area contributed by atoms with Crippen LogP contribution in [0.3, 0.4) is 0 Å². The van der Waals surface area contributed by atoms with Gasteiger partial charge in [-0.15, -0.1) is 0 Å². The van der Waals surface area contributed by atoms with Gasteiger partial charge in [-0.05, 0) is 65.6 Å². The Balaban J connectivity index is 2.83. The summed E-state index contributed by atoms with van der Waals surface area (Å²) in [6.07, 6.45) is 6.60. The molecule has 0 spiro atoms. The molecule has 1 saturated heterocycles. The molecule has 1 rings (SSSR count). The van der Waals surface area contributed by atoms with Gasteiger partial charge in [-0.3, -0.25) is 4.90 Å². The lowest BCUT2D eigenvalue weighted by molar-refractivity contribution is -0.00759. The van der Waals surface area contributed by atoms with Crippen LogP contribution < -0.4 is 5.32 Å². The molecule has 1 N–H and O–H groups in total. The van der Waals surface area contributed by atoms with Crippen LogP contribution in [0.25, 0.3) is 0 Å². The summed E-state index contributed by atoms with van der Waals surface area (Å²) in [5.74, 6) is 0. The molecule has 0 amide bonds. The van der Waals surface area contributed by atoms with Crippen LogP contribution in [0.1, 0.15) is 66.7 Å². The molecule has 1 heterocycles. The van der Waals surface area contributed by atoms with E-state index in [1.165, 1.54) is 45.2 Å². The first-order valence-electron chi connectivity index (χ1n) is 8.70. The van der Waals surface area contributed by atoms with Gasteiger partial charge in [-0.25, -0.2) is 0 Å². The highest BCUT2D eigenvalue weighted by Crippen LogP contribution is 2.32. The zero-order valence-electron chi connectivity index (χ0n) is 14.4. The predicted molar refractivity (Wildman–Crippen MR) is 87.3 cm³/mol. The molecule has 0 bridgehead atoms. The largest absolute Gasteiger partial charge is 0.377 e. The second kappa shape index (κ2) is 9.01. The topological polar surface area (TPSA) is 24.5 Å². The molecule has 3 heteroatoms. The van der Waals surface area contributed by atoms with Gasteiger partial charge in [0.15, 0.2) is 0 Å². The fourth-order valence-electron chi connectivity index (χ4n) is 3.58. The summed E-state index contributed by atoms with van der Waals surface area (Å²) in [5, 5.41) is 3.78. The summed E-state index contributed by atoms with van der Waals surface area (Å²) in [4.78, 5) is 2.73. The van der Waals surface area contributed by atoms with E-state index in [4.69, 9.17) is 4.74 Å². The Kier molecular flexibility index (Phi) is 8.08. The maximum atomic E-state index is 5.98. The van der Waals surface area contributed by atoms with Gasteiger partial charge in [0.25, 0.3) is 0 Å². The van der Waals surface area contributed by atoms with Gasteiger partial charge in [0.2, 0.25) is 0 Å². The Labute approximate surface area is 126 Å². The van der Waals surface area contributed by atoms with Gasteiger partial charge in [-0.1, -0.05) is 20.8 Å². The minimum absolute atomic E-state index is 0.264. The van der Waals surface area contributed by atoms with Crippen LogP contribution >= 0.6 is 0 Å². The van der Waals surface area contributed by atoms with E-state index in [0.717, 1.165) is 13.2 Å². The van der Waals surface area contributed by atoms with Gasteiger partial charge in [-0.2, -0.15) is 0 Å². The maximum absolute atomic E-state index is 5.98. The minimum atomic E-state index is 0.264. The maximum Gasteiger partial charge on any atom is 0.0641 e. The monoisotopic (exact) mass is 284 g/mol. The van der Waals surface area contributed by atoms with E-state index < -0.39 is 0 Å². The zero-order valence-corrected chi connectivity index (χ0v) is 14.4. The molecule has 0 aromatic rings. The summed E-state index contributed by atoms with van der Waals surface area (Å²) in [5.41, 5.74) is 0.264. The molecular weight excluding hydrogens is 248 g/mol. The SMILES string of the molecule is CCCNC(COC(C)C)C(CC)(CC)N1CCCC1. The third kappa shape index (κ3) is 4.44. The van der Waals surface area contributed by atoms with Crippen LogP contribution in [0.2, 0.25) is 0 Å². The molecule has 0 saturated carbocycles. The van der Waals surface area contributed by atoms with Crippen LogP contribution in [0.15, 0.2) is 0 Å². The van der Waals surface area contributed by atoms with Crippen LogP contribution in [-0.2, 0) is 4.74 Å². The molecule has 1 unspecified atom stereocenters. The number of rotatable bonds is 10. The van der Waals surface area contributed by atoms with Gasteiger partial charge in [0, 0.05) is 11.6 Å². The molecule has 120 valence electrons. The molecule has 1 aliphatic heterocycles. The second-order valence-electron chi connectivity index (χ2n) is 6.39. The van der Waals surface area contributed by atoms with Crippen molar-refractivity contribution >= 4 is 0 Å². The summed E-state index contributed by atoms with van der Waals surface area (Å²) in [7, 11) is 0. The number of hydrogen-bond donors (Lipinski definition) is 1. The Morgan fingerprint density at radius 2 is 1.70 bits per heavy atom. The van der Waals surface area contributed by atoms with E-state index >= 15 is 0 Å². The Bertz CT molecular complexity index is 245. The summed E-state index contributed by atoms with van der Waals surface area (Å²) in [6.45, 7) is 15.6. The highest BCUT2D eigenvalue weighted by molar-refractivity contribution is 5.00. The van der Waals surface area contributed by atoms with Crippen molar-refractivity contribution in [2.75, 3.05) is 26.2 Å². The van der Waals surface area contributed by atoms with Gasteiger partial charge in [0.1, 0.15) is 0 Å². The third-order valence-electron chi connectivity index (χ3n) is 4.85. The molecular formula is C17H36N2O. The molecule has 3 nitrogen and oxygen atoms in total. The molecule has 0 radical (unpaired) electrons. The Hall–Kier alpha value is -0.120. The number of nitrogens with one attached hydrogen (secondary N) is 1. The highest BCUT2D eigenvalue weighted by Gasteiger charge is 2.41. The first-order valence-corrected chi connectivity index (χ1v) is 8.70. The van der Waals surface area contributed by atoms with Crippen molar-refractivity contribution in [2.24, 2.45) is 0 Å². The summed E-state index contributed by atoms with van der Waals surface area (Å²) < 4.78 is 5.98. The highest BCUT2D eigenvalue weighted by atomic mass is 16.5. The number of nitrogens with zero attached hydrogens (tertiary/aromatic N) is 1. The van der Waals surface area contributed by atoms with Crippen molar-refractivity contribution in [3.8, 4) is 0 Å². The third-order valence-corrected chi connectivity index (χ3v) is 4.85. The molecule has 0 aromatic carbocycles. The van der Waals surface area contributed by atoms with Crippen LogP contribution in [0.5, 0.6) is 0 Å². The Morgan fingerprint density at radius 1 is 1.10 bits per heavy atom.